The highest BCUT2D eigenvalue weighted by molar-refractivity contribution is 6.30. The summed E-state index contributed by atoms with van der Waals surface area (Å²) >= 11 is 5.99. The van der Waals surface area contributed by atoms with Crippen LogP contribution in [0.1, 0.15) is 25.3 Å². The van der Waals surface area contributed by atoms with Crippen LogP contribution in [0.5, 0.6) is 0 Å². The molecule has 1 aliphatic heterocycles. The van der Waals surface area contributed by atoms with Gasteiger partial charge in [0.2, 0.25) is 0 Å². The summed E-state index contributed by atoms with van der Waals surface area (Å²) in [5.74, 6) is 0.876. The largest absolute Gasteiger partial charge is 0.399 e. The van der Waals surface area contributed by atoms with Crippen molar-refractivity contribution in [1.82, 2.24) is 4.90 Å². The minimum atomic E-state index is 0.736. The molecule has 0 bridgehead atoms. The van der Waals surface area contributed by atoms with Gasteiger partial charge in [-0.2, -0.15) is 0 Å². The maximum Gasteiger partial charge on any atom is 0.0429 e. The summed E-state index contributed by atoms with van der Waals surface area (Å²) in [5.41, 5.74) is 7.76. The molecule has 3 heteroatoms. The molecule has 1 aliphatic rings. The van der Waals surface area contributed by atoms with Crippen LogP contribution in [0.25, 0.3) is 0 Å². The van der Waals surface area contributed by atoms with Crippen LogP contribution in [0, 0.1) is 5.92 Å². The van der Waals surface area contributed by atoms with E-state index < -0.39 is 0 Å². The number of halogens is 1. The van der Waals surface area contributed by atoms with Gasteiger partial charge in [-0.1, -0.05) is 18.5 Å². The molecule has 88 valence electrons. The molecule has 1 aromatic carbocycles. The van der Waals surface area contributed by atoms with Crippen LogP contribution >= 0.6 is 11.6 Å². The molecule has 1 fully saturated rings. The van der Waals surface area contributed by atoms with Crippen molar-refractivity contribution < 1.29 is 0 Å². The zero-order valence-electron chi connectivity index (χ0n) is 9.75. The third-order valence-electron chi connectivity index (χ3n) is 3.26. The highest BCUT2D eigenvalue weighted by atomic mass is 35.5. The summed E-state index contributed by atoms with van der Waals surface area (Å²) in [6.45, 7) is 5.67. The van der Waals surface area contributed by atoms with E-state index in [4.69, 9.17) is 17.3 Å². The molecule has 2 nitrogen and oxygen atoms in total. The number of anilines is 1. The van der Waals surface area contributed by atoms with E-state index in [1.165, 1.54) is 31.5 Å². The minimum absolute atomic E-state index is 0.736. The topological polar surface area (TPSA) is 29.3 Å². The Hall–Kier alpha value is -0.730. The van der Waals surface area contributed by atoms with Crippen LogP contribution in [0.3, 0.4) is 0 Å². The monoisotopic (exact) mass is 238 g/mol. The van der Waals surface area contributed by atoms with E-state index >= 15 is 0 Å². The molecule has 1 heterocycles. The lowest BCUT2D eigenvalue weighted by molar-refractivity contribution is 0.185. The van der Waals surface area contributed by atoms with Gasteiger partial charge < -0.3 is 5.73 Å². The fourth-order valence-electron chi connectivity index (χ4n) is 2.25. The SMILES string of the molecule is CC1CCN(Cc2cc(N)cc(Cl)c2)CC1. The maximum absolute atomic E-state index is 5.99. The Morgan fingerprint density at radius 1 is 1.31 bits per heavy atom. The second kappa shape index (κ2) is 5.07. The summed E-state index contributed by atoms with van der Waals surface area (Å²) in [5, 5.41) is 0.736. The number of hydrogen-bond acceptors (Lipinski definition) is 2. The second-order valence-electron chi connectivity index (χ2n) is 4.85. The predicted octanol–water partition coefficient (Wildman–Crippen LogP) is 3.15. The highest BCUT2D eigenvalue weighted by Crippen LogP contribution is 2.21. The van der Waals surface area contributed by atoms with Gasteiger partial charge in [-0.3, -0.25) is 4.90 Å². The summed E-state index contributed by atoms with van der Waals surface area (Å²) in [6, 6.07) is 5.82. The Morgan fingerprint density at radius 3 is 2.62 bits per heavy atom. The Kier molecular flexibility index (Phi) is 3.72. The Balaban J connectivity index is 1.98. The lowest BCUT2D eigenvalue weighted by atomic mass is 9.99. The molecule has 2 rings (SSSR count). The first-order chi connectivity index (χ1) is 7.63. The third-order valence-corrected chi connectivity index (χ3v) is 3.48. The number of likely N-dealkylation sites (tertiary alicyclic amines) is 1. The Labute approximate surface area is 102 Å². The van der Waals surface area contributed by atoms with Crippen LogP contribution in [0.15, 0.2) is 18.2 Å². The van der Waals surface area contributed by atoms with Gasteiger partial charge in [0, 0.05) is 17.3 Å². The van der Waals surface area contributed by atoms with Gasteiger partial charge in [-0.15, -0.1) is 0 Å². The number of hydrogen-bond donors (Lipinski definition) is 1. The van der Waals surface area contributed by atoms with E-state index in [1.807, 2.05) is 12.1 Å². The van der Waals surface area contributed by atoms with Crippen molar-refractivity contribution >= 4 is 17.3 Å². The standard InChI is InChI=1S/C13H19ClN2/c1-10-2-4-16(5-3-10)9-11-6-12(14)8-13(15)7-11/h6-8,10H,2-5,9,15H2,1H3. The van der Waals surface area contributed by atoms with Crippen molar-refractivity contribution in [3.63, 3.8) is 0 Å². The molecule has 0 spiro atoms. The van der Waals surface area contributed by atoms with E-state index in [9.17, 15) is 0 Å². The molecule has 0 unspecified atom stereocenters. The first kappa shape index (κ1) is 11.7. The van der Waals surface area contributed by atoms with Crippen molar-refractivity contribution in [2.75, 3.05) is 18.8 Å². The average Bonchev–Trinajstić information content (AvgIpc) is 2.20. The zero-order chi connectivity index (χ0) is 11.5. The van der Waals surface area contributed by atoms with Crippen molar-refractivity contribution in [3.8, 4) is 0 Å². The Bertz CT molecular complexity index is 337. The van der Waals surface area contributed by atoms with E-state index in [0.717, 1.165) is 23.2 Å². The van der Waals surface area contributed by atoms with E-state index in [0.29, 0.717) is 0 Å². The smallest absolute Gasteiger partial charge is 0.0429 e. The zero-order valence-corrected chi connectivity index (χ0v) is 10.5. The number of nitrogens with zero attached hydrogens (tertiary/aromatic N) is 1. The van der Waals surface area contributed by atoms with Crippen molar-refractivity contribution in [2.45, 2.75) is 26.3 Å². The van der Waals surface area contributed by atoms with Gasteiger partial charge in [-0.25, -0.2) is 0 Å². The van der Waals surface area contributed by atoms with Crippen LogP contribution < -0.4 is 5.73 Å². The highest BCUT2D eigenvalue weighted by Gasteiger charge is 2.15. The van der Waals surface area contributed by atoms with E-state index in [-0.39, 0.29) is 0 Å². The van der Waals surface area contributed by atoms with Crippen LogP contribution in [0.4, 0.5) is 5.69 Å². The first-order valence-electron chi connectivity index (χ1n) is 5.91. The molecule has 1 aromatic rings. The number of benzene rings is 1. The number of rotatable bonds is 2. The third kappa shape index (κ3) is 3.13. The van der Waals surface area contributed by atoms with Crippen LogP contribution in [-0.2, 0) is 6.54 Å². The van der Waals surface area contributed by atoms with Gasteiger partial charge in [0.15, 0.2) is 0 Å². The second-order valence-corrected chi connectivity index (χ2v) is 5.29. The molecular weight excluding hydrogens is 220 g/mol. The number of nitrogens with two attached hydrogens (primary N) is 1. The number of nitrogen functional groups attached to an aromatic ring is 1. The molecule has 0 amide bonds. The Morgan fingerprint density at radius 2 is 2.00 bits per heavy atom. The van der Waals surface area contributed by atoms with E-state index in [1.54, 1.807) is 6.07 Å². The van der Waals surface area contributed by atoms with Gasteiger partial charge in [0.05, 0.1) is 0 Å². The van der Waals surface area contributed by atoms with E-state index in [2.05, 4.69) is 11.8 Å². The summed E-state index contributed by atoms with van der Waals surface area (Å²) in [6.07, 6.45) is 2.60. The molecule has 0 atom stereocenters. The normalized spacial score (nSPS) is 18.9. The predicted molar refractivity (Wildman–Crippen MR) is 69.5 cm³/mol. The summed E-state index contributed by atoms with van der Waals surface area (Å²) in [7, 11) is 0. The van der Waals surface area contributed by atoms with Gasteiger partial charge in [0.25, 0.3) is 0 Å². The quantitative estimate of drug-likeness (QED) is 0.802. The van der Waals surface area contributed by atoms with Crippen molar-refractivity contribution in [1.29, 1.82) is 0 Å². The average molecular weight is 239 g/mol. The van der Waals surface area contributed by atoms with Crippen molar-refractivity contribution in [3.05, 3.63) is 28.8 Å². The first-order valence-corrected chi connectivity index (χ1v) is 6.28. The van der Waals surface area contributed by atoms with Gasteiger partial charge >= 0.3 is 0 Å². The summed E-state index contributed by atoms with van der Waals surface area (Å²) in [4.78, 5) is 2.48. The van der Waals surface area contributed by atoms with Crippen molar-refractivity contribution in [2.24, 2.45) is 5.92 Å². The fraction of sp³-hybridized carbons (Fsp3) is 0.538. The molecule has 16 heavy (non-hydrogen) atoms. The van der Waals surface area contributed by atoms with Crippen LogP contribution in [-0.4, -0.2) is 18.0 Å². The molecule has 0 aromatic heterocycles. The molecule has 1 saturated heterocycles. The molecule has 2 N–H and O–H groups in total. The minimum Gasteiger partial charge on any atom is -0.399 e. The van der Waals surface area contributed by atoms with Crippen LogP contribution in [0.2, 0.25) is 5.02 Å². The molecular formula is C13H19ClN2. The maximum atomic E-state index is 5.99. The van der Waals surface area contributed by atoms with Gasteiger partial charge in [-0.05, 0) is 55.6 Å². The molecule has 0 radical (unpaired) electrons. The fourth-order valence-corrected chi connectivity index (χ4v) is 2.51. The van der Waals surface area contributed by atoms with Gasteiger partial charge in [0.1, 0.15) is 0 Å². The molecule has 0 aliphatic carbocycles. The molecule has 0 saturated carbocycles. The summed E-state index contributed by atoms with van der Waals surface area (Å²) < 4.78 is 0. The lowest BCUT2D eigenvalue weighted by Crippen LogP contribution is -2.32. The lowest BCUT2D eigenvalue weighted by Gasteiger charge is -2.30. The number of piperidine rings is 1.